The van der Waals surface area contributed by atoms with Crippen LogP contribution in [-0.4, -0.2) is 28.4 Å². The molecule has 1 aliphatic carbocycles. The van der Waals surface area contributed by atoms with E-state index >= 15 is 0 Å². The van der Waals surface area contributed by atoms with Gasteiger partial charge in [0.1, 0.15) is 5.75 Å². The van der Waals surface area contributed by atoms with E-state index < -0.39 is 0 Å². The van der Waals surface area contributed by atoms with Gasteiger partial charge in [0.2, 0.25) is 5.75 Å². The molecule has 0 spiro atoms. The Labute approximate surface area is 135 Å². The second kappa shape index (κ2) is 6.13. The lowest BCUT2D eigenvalue weighted by Crippen LogP contribution is -2.01. The summed E-state index contributed by atoms with van der Waals surface area (Å²) in [6.07, 6.45) is 0.579. The molecule has 0 saturated heterocycles. The maximum Gasteiger partial charge on any atom is 0.203 e. The topological polar surface area (TPSA) is 36.9 Å². The molecular formula is C19H18O4. The fourth-order valence-corrected chi connectivity index (χ4v) is 2.85. The third-order valence-corrected chi connectivity index (χ3v) is 3.94. The van der Waals surface area contributed by atoms with E-state index in [1.54, 1.807) is 28.4 Å². The average Bonchev–Trinajstić information content (AvgIpc) is 2.78. The van der Waals surface area contributed by atoms with Gasteiger partial charge in [-0.05, 0) is 35.4 Å². The van der Waals surface area contributed by atoms with Gasteiger partial charge in [-0.3, -0.25) is 0 Å². The van der Waals surface area contributed by atoms with Crippen LogP contribution in [0.3, 0.4) is 0 Å². The molecule has 0 N–H and O–H groups in total. The van der Waals surface area contributed by atoms with Crippen molar-refractivity contribution in [1.82, 2.24) is 0 Å². The zero-order valence-corrected chi connectivity index (χ0v) is 13.6. The molecule has 0 aromatic heterocycles. The van der Waals surface area contributed by atoms with Gasteiger partial charge >= 0.3 is 0 Å². The molecule has 4 nitrogen and oxygen atoms in total. The predicted molar refractivity (Wildman–Crippen MR) is 88.7 cm³/mol. The molecule has 118 valence electrons. The van der Waals surface area contributed by atoms with E-state index in [1.165, 1.54) is 0 Å². The molecule has 4 heteroatoms. The normalized spacial score (nSPS) is 11.3. The number of ether oxygens (including phenoxy) is 4. The number of fused-ring (bicyclic) bond motifs is 3. The first kappa shape index (κ1) is 15.1. The highest BCUT2D eigenvalue weighted by Crippen LogP contribution is 2.46. The van der Waals surface area contributed by atoms with Crippen molar-refractivity contribution in [2.24, 2.45) is 0 Å². The van der Waals surface area contributed by atoms with Gasteiger partial charge in [0.05, 0.1) is 28.4 Å². The third kappa shape index (κ3) is 2.44. The van der Waals surface area contributed by atoms with Crippen molar-refractivity contribution in [3.63, 3.8) is 0 Å². The summed E-state index contributed by atoms with van der Waals surface area (Å²) in [6.45, 7) is 0. The van der Waals surface area contributed by atoms with Crippen molar-refractivity contribution in [2.45, 2.75) is 6.42 Å². The Balaban J connectivity index is 2.32. The fourth-order valence-electron chi connectivity index (χ4n) is 2.85. The molecule has 0 bridgehead atoms. The standard InChI is InChI=1S/C19H18O4/c1-20-13-8-9-14-12(10-13)6-5-7-15-16(14)11-17(21-2)19(23-4)18(15)22-3/h8-11H,7H2,1-4H3. The molecule has 1 aliphatic rings. The molecule has 2 aromatic rings. The highest BCUT2D eigenvalue weighted by Gasteiger charge is 2.23. The maximum atomic E-state index is 5.60. The molecule has 0 aliphatic heterocycles. The number of benzene rings is 2. The third-order valence-electron chi connectivity index (χ3n) is 3.94. The second-order valence-corrected chi connectivity index (χ2v) is 5.06. The van der Waals surface area contributed by atoms with Crippen LogP contribution in [0.4, 0.5) is 0 Å². The van der Waals surface area contributed by atoms with Crippen molar-refractivity contribution in [1.29, 1.82) is 0 Å². The minimum Gasteiger partial charge on any atom is -0.497 e. The van der Waals surface area contributed by atoms with Crippen LogP contribution in [0.15, 0.2) is 24.3 Å². The largest absolute Gasteiger partial charge is 0.497 e. The summed E-state index contributed by atoms with van der Waals surface area (Å²) < 4.78 is 21.8. The van der Waals surface area contributed by atoms with Crippen molar-refractivity contribution < 1.29 is 18.9 Å². The minimum absolute atomic E-state index is 0.579. The number of hydrogen-bond acceptors (Lipinski definition) is 4. The Morgan fingerprint density at radius 1 is 0.826 bits per heavy atom. The SMILES string of the molecule is COc1ccc2c(c1)C#CCc1c-2cc(OC)c(OC)c1OC. The first-order valence-corrected chi connectivity index (χ1v) is 7.22. The highest BCUT2D eigenvalue weighted by molar-refractivity contribution is 5.82. The van der Waals surface area contributed by atoms with Gasteiger partial charge < -0.3 is 18.9 Å². The molecular weight excluding hydrogens is 292 g/mol. The summed E-state index contributed by atoms with van der Waals surface area (Å²) in [4.78, 5) is 0. The van der Waals surface area contributed by atoms with E-state index in [0.29, 0.717) is 23.7 Å². The molecule has 0 saturated carbocycles. The molecule has 0 radical (unpaired) electrons. The van der Waals surface area contributed by atoms with Gasteiger partial charge in [-0.1, -0.05) is 11.8 Å². The monoisotopic (exact) mass is 310 g/mol. The minimum atomic E-state index is 0.579. The van der Waals surface area contributed by atoms with Gasteiger partial charge in [-0.15, -0.1) is 0 Å². The van der Waals surface area contributed by atoms with Crippen LogP contribution in [0.1, 0.15) is 11.1 Å². The number of hydrogen-bond donors (Lipinski definition) is 0. The lowest BCUT2D eigenvalue weighted by atomic mass is 9.94. The summed E-state index contributed by atoms with van der Waals surface area (Å²) in [5.74, 6) is 9.07. The molecule has 0 amide bonds. The van der Waals surface area contributed by atoms with Gasteiger partial charge in [0.15, 0.2) is 11.5 Å². The van der Waals surface area contributed by atoms with Gasteiger partial charge in [-0.2, -0.15) is 0 Å². The van der Waals surface area contributed by atoms with Crippen molar-refractivity contribution >= 4 is 0 Å². The summed E-state index contributed by atoms with van der Waals surface area (Å²) in [7, 11) is 6.50. The molecule has 0 heterocycles. The van der Waals surface area contributed by atoms with Gasteiger partial charge in [0.25, 0.3) is 0 Å². The van der Waals surface area contributed by atoms with Crippen LogP contribution in [0.25, 0.3) is 11.1 Å². The van der Waals surface area contributed by atoms with Crippen LogP contribution in [-0.2, 0) is 6.42 Å². The quantitative estimate of drug-likeness (QED) is 0.812. The lowest BCUT2D eigenvalue weighted by molar-refractivity contribution is 0.323. The van der Waals surface area contributed by atoms with Crippen molar-refractivity contribution in [3.05, 3.63) is 35.4 Å². The first-order valence-electron chi connectivity index (χ1n) is 7.22. The van der Waals surface area contributed by atoms with E-state index in [1.807, 2.05) is 24.3 Å². The molecule has 0 atom stereocenters. The lowest BCUT2D eigenvalue weighted by Gasteiger charge is -2.19. The van der Waals surface area contributed by atoms with E-state index in [2.05, 4.69) is 11.8 Å². The smallest absolute Gasteiger partial charge is 0.203 e. The second-order valence-electron chi connectivity index (χ2n) is 5.06. The summed E-state index contributed by atoms with van der Waals surface area (Å²) >= 11 is 0. The number of rotatable bonds is 4. The van der Waals surface area contributed by atoms with E-state index in [-0.39, 0.29) is 0 Å². The summed E-state index contributed by atoms with van der Waals surface area (Å²) in [6, 6.07) is 7.86. The average molecular weight is 310 g/mol. The maximum absolute atomic E-state index is 5.60. The van der Waals surface area contributed by atoms with Crippen LogP contribution in [0.2, 0.25) is 0 Å². The van der Waals surface area contributed by atoms with E-state index in [9.17, 15) is 0 Å². The molecule has 23 heavy (non-hydrogen) atoms. The van der Waals surface area contributed by atoms with Crippen LogP contribution >= 0.6 is 0 Å². The van der Waals surface area contributed by atoms with E-state index in [4.69, 9.17) is 18.9 Å². The Bertz CT molecular complexity index is 812. The number of methoxy groups -OCH3 is 4. The zero-order chi connectivity index (χ0) is 16.4. The van der Waals surface area contributed by atoms with Crippen LogP contribution in [0, 0.1) is 11.8 Å². The van der Waals surface area contributed by atoms with Crippen molar-refractivity contribution in [2.75, 3.05) is 28.4 Å². The Morgan fingerprint density at radius 2 is 1.61 bits per heavy atom. The molecule has 0 fully saturated rings. The van der Waals surface area contributed by atoms with Crippen molar-refractivity contribution in [3.8, 4) is 46.0 Å². The summed E-state index contributed by atoms with van der Waals surface area (Å²) in [5, 5.41) is 0. The van der Waals surface area contributed by atoms with Gasteiger partial charge in [0, 0.05) is 17.5 Å². The van der Waals surface area contributed by atoms with Crippen LogP contribution < -0.4 is 18.9 Å². The Hall–Kier alpha value is -2.80. The molecule has 3 rings (SSSR count). The van der Waals surface area contributed by atoms with Gasteiger partial charge in [-0.25, -0.2) is 0 Å². The summed E-state index contributed by atoms with van der Waals surface area (Å²) in [5.41, 5.74) is 3.98. The first-order chi connectivity index (χ1) is 11.2. The Morgan fingerprint density at radius 3 is 2.26 bits per heavy atom. The fraction of sp³-hybridized carbons (Fsp3) is 0.263. The Kier molecular flexibility index (Phi) is 4.03. The molecule has 0 unspecified atom stereocenters. The zero-order valence-electron chi connectivity index (χ0n) is 13.6. The molecule has 2 aromatic carbocycles. The predicted octanol–water partition coefficient (Wildman–Crippen LogP) is 3.30. The highest BCUT2D eigenvalue weighted by atomic mass is 16.5. The van der Waals surface area contributed by atoms with E-state index in [0.717, 1.165) is 28.0 Å². The van der Waals surface area contributed by atoms with Crippen LogP contribution in [0.5, 0.6) is 23.0 Å².